The van der Waals surface area contributed by atoms with Crippen molar-refractivity contribution in [2.24, 2.45) is 5.92 Å². The van der Waals surface area contributed by atoms with Gasteiger partial charge in [-0.15, -0.1) is 0 Å². The van der Waals surface area contributed by atoms with Crippen molar-refractivity contribution in [3.05, 3.63) is 24.3 Å². The Bertz CT molecular complexity index is 634. The molecule has 3 rings (SSSR count). The summed E-state index contributed by atoms with van der Waals surface area (Å²) in [5.74, 6) is -0.106. The molecule has 0 bridgehead atoms. The number of nitrogens with one attached hydrogen (secondary N) is 1. The lowest BCUT2D eigenvalue weighted by Gasteiger charge is -2.42. The Balaban J connectivity index is 1.99. The third-order valence-corrected chi connectivity index (χ3v) is 5.02. The van der Waals surface area contributed by atoms with Crippen LogP contribution >= 0.6 is 0 Å². The van der Waals surface area contributed by atoms with Gasteiger partial charge in [0.25, 0.3) is 0 Å². The van der Waals surface area contributed by atoms with Gasteiger partial charge in [0.1, 0.15) is 6.04 Å². The van der Waals surface area contributed by atoms with Gasteiger partial charge in [0.15, 0.2) is 0 Å². The van der Waals surface area contributed by atoms with Crippen LogP contribution in [0.1, 0.15) is 33.1 Å². The summed E-state index contributed by atoms with van der Waals surface area (Å²) in [6.07, 6.45) is 1.81. The van der Waals surface area contributed by atoms with Gasteiger partial charge in [-0.05, 0) is 30.9 Å². The molecule has 1 saturated heterocycles. The minimum Gasteiger partial charge on any atom is -0.391 e. The van der Waals surface area contributed by atoms with Gasteiger partial charge in [-0.1, -0.05) is 32.4 Å². The summed E-state index contributed by atoms with van der Waals surface area (Å²) in [6, 6.07) is 6.66. The SMILES string of the molecule is CC[C@H](C)[C@H]1C(=O)Nc2ccccc2N1C(=O)N1CCC[C@H](O)C1. The fourth-order valence-corrected chi connectivity index (χ4v) is 3.50. The van der Waals surface area contributed by atoms with Crippen LogP contribution in [0.25, 0.3) is 0 Å². The highest BCUT2D eigenvalue weighted by molar-refractivity contribution is 6.11. The summed E-state index contributed by atoms with van der Waals surface area (Å²) >= 11 is 0. The second kappa shape index (κ2) is 6.81. The van der Waals surface area contributed by atoms with E-state index in [1.165, 1.54) is 0 Å². The number of urea groups is 1. The molecular formula is C18H25N3O3. The van der Waals surface area contributed by atoms with E-state index < -0.39 is 12.1 Å². The first-order valence-electron chi connectivity index (χ1n) is 8.69. The Morgan fingerprint density at radius 1 is 1.42 bits per heavy atom. The first kappa shape index (κ1) is 16.8. The summed E-state index contributed by atoms with van der Waals surface area (Å²) in [4.78, 5) is 29.1. The van der Waals surface area contributed by atoms with Crippen molar-refractivity contribution in [2.45, 2.75) is 45.3 Å². The predicted molar refractivity (Wildman–Crippen MR) is 93.0 cm³/mol. The fourth-order valence-electron chi connectivity index (χ4n) is 3.50. The van der Waals surface area contributed by atoms with Crippen molar-refractivity contribution < 1.29 is 14.7 Å². The molecule has 0 aliphatic carbocycles. The zero-order valence-corrected chi connectivity index (χ0v) is 14.2. The molecule has 24 heavy (non-hydrogen) atoms. The van der Waals surface area contributed by atoms with Crippen LogP contribution in [-0.4, -0.2) is 47.2 Å². The third kappa shape index (κ3) is 2.98. The highest BCUT2D eigenvalue weighted by Crippen LogP contribution is 2.35. The number of para-hydroxylation sites is 2. The van der Waals surface area contributed by atoms with Gasteiger partial charge in [-0.2, -0.15) is 0 Å². The van der Waals surface area contributed by atoms with Gasteiger partial charge in [-0.3, -0.25) is 9.69 Å². The maximum absolute atomic E-state index is 13.2. The molecule has 3 atom stereocenters. The van der Waals surface area contributed by atoms with E-state index in [2.05, 4.69) is 5.32 Å². The summed E-state index contributed by atoms with van der Waals surface area (Å²) in [5.41, 5.74) is 1.39. The number of fused-ring (bicyclic) bond motifs is 1. The van der Waals surface area contributed by atoms with Crippen LogP contribution in [0, 0.1) is 5.92 Å². The predicted octanol–water partition coefficient (Wildman–Crippen LogP) is 2.44. The molecule has 6 nitrogen and oxygen atoms in total. The molecule has 2 N–H and O–H groups in total. The van der Waals surface area contributed by atoms with E-state index in [0.717, 1.165) is 24.9 Å². The molecule has 1 aromatic carbocycles. The number of aliphatic hydroxyl groups excluding tert-OH is 1. The molecule has 6 heteroatoms. The molecule has 1 aromatic rings. The molecule has 0 radical (unpaired) electrons. The molecule has 0 unspecified atom stereocenters. The summed E-state index contributed by atoms with van der Waals surface area (Å²) < 4.78 is 0. The first-order chi connectivity index (χ1) is 11.5. The number of benzene rings is 1. The number of hydrogen-bond donors (Lipinski definition) is 2. The van der Waals surface area contributed by atoms with Crippen LogP contribution < -0.4 is 10.2 Å². The van der Waals surface area contributed by atoms with E-state index >= 15 is 0 Å². The van der Waals surface area contributed by atoms with E-state index in [-0.39, 0.29) is 17.9 Å². The van der Waals surface area contributed by atoms with Crippen molar-refractivity contribution in [3.8, 4) is 0 Å². The number of β-amino-alcohol motifs (C(OH)–C–C–N with tert-alkyl or cyclic N) is 1. The molecule has 2 aliphatic heterocycles. The quantitative estimate of drug-likeness (QED) is 0.874. The molecule has 130 valence electrons. The molecule has 0 spiro atoms. The molecule has 1 fully saturated rings. The van der Waals surface area contributed by atoms with Crippen molar-refractivity contribution in [1.82, 2.24) is 4.90 Å². The Labute approximate surface area is 142 Å². The Morgan fingerprint density at radius 2 is 2.17 bits per heavy atom. The minimum absolute atomic E-state index is 0.0389. The van der Waals surface area contributed by atoms with Crippen LogP contribution in [-0.2, 0) is 4.79 Å². The van der Waals surface area contributed by atoms with E-state index in [0.29, 0.717) is 18.8 Å². The standard InChI is InChI=1S/C18H25N3O3/c1-3-12(2)16-17(23)19-14-8-4-5-9-15(14)21(16)18(24)20-10-6-7-13(22)11-20/h4-5,8-9,12-13,16,22H,3,6-7,10-11H2,1-2H3,(H,19,23)/t12-,13-,16-/m0/s1. The number of likely N-dealkylation sites (tertiary alicyclic amines) is 1. The van der Waals surface area contributed by atoms with Crippen molar-refractivity contribution >= 4 is 23.3 Å². The average molecular weight is 331 g/mol. The van der Waals surface area contributed by atoms with Crippen molar-refractivity contribution in [3.63, 3.8) is 0 Å². The van der Waals surface area contributed by atoms with Gasteiger partial charge in [-0.25, -0.2) is 4.79 Å². The number of rotatable bonds is 2. The molecule has 2 heterocycles. The number of hydrogen-bond acceptors (Lipinski definition) is 3. The van der Waals surface area contributed by atoms with Crippen molar-refractivity contribution in [1.29, 1.82) is 0 Å². The number of anilines is 2. The number of piperidine rings is 1. The average Bonchev–Trinajstić information content (AvgIpc) is 2.59. The zero-order valence-electron chi connectivity index (χ0n) is 14.2. The maximum atomic E-state index is 13.2. The van der Waals surface area contributed by atoms with Gasteiger partial charge < -0.3 is 15.3 Å². The lowest BCUT2D eigenvalue weighted by Crippen LogP contribution is -2.59. The first-order valence-corrected chi connectivity index (χ1v) is 8.69. The lowest BCUT2D eigenvalue weighted by atomic mass is 9.94. The summed E-state index contributed by atoms with van der Waals surface area (Å²) in [7, 11) is 0. The summed E-state index contributed by atoms with van der Waals surface area (Å²) in [5, 5.41) is 12.8. The molecule has 2 aliphatic rings. The number of aliphatic hydroxyl groups is 1. The topological polar surface area (TPSA) is 72.9 Å². The smallest absolute Gasteiger partial charge is 0.325 e. The molecule has 0 aromatic heterocycles. The minimum atomic E-state index is -0.531. The Morgan fingerprint density at radius 3 is 2.88 bits per heavy atom. The monoisotopic (exact) mass is 331 g/mol. The fraction of sp³-hybridized carbons (Fsp3) is 0.556. The van der Waals surface area contributed by atoms with Crippen LogP contribution in [0.4, 0.5) is 16.2 Å². The normalized spacial score (nSPS) is 25.0. The van der Waals surface area contributed by atoms with E-state index in [9.17, 15) is 14.7 Å². The molecule has 0 saturated carbocycles. The molecule has 3 amide bonds. The van der Waals surface area contributed by atoms with Gasteiger partial charge in [0.2, 0.25) is 5.91 Å². The van der Waals surface area contributed by atoms with E-state index in [4.69, 9.17) is 0 Å². The van der Waals surface area contributed by atoms with Crippen molar-refractivity contribution in [2.75, 3.05) is 23.3 Å². The van der Waals surface area contributed by atoms with Crippen LogP contribution in [0.3, 0.4) is 0 Å². The third-order valence-electron chi connectivity index (χ3n) is 5.02. The van der Waals surface area contributed by atoms with Gasteiger partial charge >= 0.3 is 6.03 Å². The van der Waals surface area contributed by atoms with Crippen LogP contribution in [0.15, 0.2) is 24.3 Å². The largest absolute Gasteiger partial charge is 0.391 e. The molecular weight excluding hydrogens is 306 g/mol. The second-order valence-corrected chi connectivity index (χ2v) is 6.73. The van der Waals surface area contributed by atoms with Crippen LogP contribution in [0.5, 0.6) is 0 Å². The number of nitrogens with zero attached hydrogens (tertiary/aromatic N) is 2. The van der Waals surface area contributed by atoms with E-state index in [1.807, 2.05) is 38.1 Å². The Hall–Kier alpha value is -2.08. The number of carbonyl (C=O) groups excluding carboxylic acids is 2. The Kier molecular flexibility index (Phi) is 4.76. The maximum Gasteiger partial charge on any atom is 0.325 e. The number of amides is 3. The second-order valence-electron chi connectivity index (χ2n) is 6.73. The highest BCUT2D eigenvalue weighted by Gasteiger charge is 2.41. The lowest BCUT2D eigenvalue weighted by molar-refractivity contribution is -0.118. The highest BCUT2D eigenvalue weighted by atomic mass is 16.3. The van der Waals surface area contributed by atoms with Gasteiger partial charge in [0, 0.05) is 13.1 Å². The van der Waals surface area contributed by atoms with Gasteiger partial charge in [0.05, 0.1) is 17.5 Å². The summed E-state index contributed by atoms with van der Waals surface area (Å²) in [6.45, 7) is 4.95. The van der Waals surface area contributed by atoms with E-state index in [1.54, 1.807) is 9.80 Å². The number of carbonyl (C=O) groups is 2. The van der Waals surface area contributed by atoms with Crippen LogP contribution in [0.2, 0.25) is 0 Å². The zero-order chi connectivity index (χ0) is 17.3.